The molecule has 19 heteroatoms. The van der Waals surface area contributed by atoms with Gasteiger partial charge in [0.15, 0.2) is 17.2 Å². The summed E-state index contributed by atoms with van der Waals surface area (Å²) in [5.41, 5.74) is 8.77. The third kappa shape index (κ3) is 7.60. The zero-order chi connectivity index (χ0) is 47.3. The molecule has 0 radical (unpaired) electrons. The summed E-state index contributed by atoms with van der Waals surface area (Å²) >= 11 is 0. The third-order valence-electron chi connectivity index (χ3n) is 15.6. The molecule has 1 spiro atoms. The van der Waals surface area contributed by atoms with Crippen LogP contribution in [0, 0.1) is 5.41 Å². The minimum Gasteiger partial charge on any atom is -0.385 e. The zero-order valence-electron chi connectivity index (χ0n) is 38.8. The third-order valence-corrected chi connectivity index (χ3v) is 15.6. The van der Waals surface area contributed by atoms with Crippen molar-refractivity contribution in [3.8, 4) is 11.3 Å². The molecule has 9 heterocycles. The average molecular weight is 940 g/mol. The first-order valence-electron chi connectivity index (χ1n) is 24.2. The number of hydrogen-bond donors (Lipinski definition) is 3. The van der Waals surface area contributed by atoms with Gasteiger partial charge in [-0.2, -0.15) is 0 Å². The second-order valence-corrected chi connectivity index (χ2v) is 20.1. The topological polar surface area (TPSA) is 170 Å². The minimum absolute atomic E-state index is 0.0628. The van der Waals surface area contributed by atoms with Gasteiger partial charge >= 0.3 is 5.69 Å². The average Bonchev–Trinajstić information content (AvgIpc) is 3.76. The van der Waals surface area contributed by atoms with Gasteiger partial charge in [-0.3, -0.25) is 43.6 Å². The molecule has 1 aliphatic carbocycles. The van der Waals surface area contributed by atoms with Crippen LogP contribution in [0.15, 0.2) is 71.8 Å². The summed E-state index contributed by atoms with van der Waals surface area (Å²) in [5, 5.41) is 13.5. The van der Waals surface area contributed by atoms with Gasteiger partial charge in [0.25, 0.3) is 11.8 Å². The first-order valence-corrected chi connectivity index (χ1v) is 24.2. The number of amides is 3. The molecule has 358 valence electrons. The lowest BCUT2D eigenvalue weighted by Gasteiger charge is -2.56. The van der Waals surface area contributed by atoms with Crippen LogP contribution in [0.1, 0.15) is 72.6 Å². The van der Waals surface area contributed by atoms with Crippen LogP contribution < -0.4 is 31.4 Å². The number of hydrogen-bond acceptors (Lipinski definition) is 12. The van der Waals surface area contributed by atoms with Crippen molar-refractivity contribution >= 4 is 57.3 Å². The first kappa shape index (κ1) is 43.5. The molecule has 4 saturated heterocycles. The van der Waals surface area contributed by atoms with Crippen molar-refractivity contribution in [3.63, 3.8) is 0 Å². The molecule has 69 heavy (non-hydrogen) atoms. The molecule has 3 amide bonds. The number of nitrogens with one attached hydrogen (secondary N) is 3. The Morgan fingerprint density at radius 3 is 2.45 bits per heavy atom. The van der Waals surface area contributed by atoms with Crippen molar-refractivity contribution in [3.05, 3.63) is 94.3 Å². The van der Waals surface area contributed by atoms with Crippen molar-refractivity contribution < 1.29 is 23.2 Å². The summed E-state index contributed by atoms with van der Waals surface area (Å²) in [6.45, 7) is 4.29. The molecule has 5 fully saturated rings. The number of carbonyl (C=O) groups excluding carboxylic acids is 3. The van der Waals surface area contributed by atoms with Crippen LogP contribution >= 0.6 is 0 Å². The number of benzene rings is 2. The van der Waals surface area contributed by atoms with Gasteiger partial charge in [0.2, 0.25) is 11.8 Å². The molecule has 1 saturated carbocycles. The van der Waals surface area contributed by atoms with E-state index in [0.29, 0.717) is 61.8 Å². The van der Waals surface area contributed by atoms with Crippen LogP contribution in [0.4, 0.5) is 31.7 Å². The fourth-order valence-corrected chi connectivity index (χ4v) is 11.7. The maximum absolute atomic E-state index is 16.1. The standard InChI is InChI=1S/C50H55F2N13O4/c1-53-36-23-43(58-65-41(25-55-45(36)65)47(68)56-31-7-8-31)63-19-14-34-33(4-3-5-37(34)63)35-10-6-30(24-54-35)26-60-18-15-42(50(51,52)29-60)61-20-16-49(17-21-61)27-62(28-49)32-9-11-38-40(22-32)59(2)48(69)64(38)39-12-13-44(66)57-46(39)67/h3-6,9-11,22-25,31,39,42,53H,7-8,12-21,26-29H2,1-2H3,(H,56,68)(H,57,66,67). The Labute approximate surface area is 396 Å². The fraction of sp³-hybridized carbons (Fsp3) is 0.460. The molecule has 5 aliphatic heterocycles. The van der Waals surface area contributed by atoms with E-state index in [-0.39, 0.29) is 48.3 Å². The van der Waals surface area contributed by atoms with Crippen molar-refractivity contribution in [1.29, 1.82) is 0 Å². The number of aromatic nitrogens is 6. The summed E-state index contributed by atoms with van der Waals surface area (Å²) in [5.74, 6) is -3.12. The number of anilines is 4. The SMILES string of the molecule is CNc1cc(N2CCc3c(-c4ccc(CN5CCC(N6CCC7(CC6)CN(c6ccc8c(c6)n(C)c(=O)n8C6CCC(=O)NC6=O)C7)C(F)(F)C5)cn4)cccc32)nn2c(C(=O)NC3CC3)cnc12. The Balaban J connectivity index is 0.661. The highest BCUT2D eigenvalue weighted by Gasteiger charge is 2.51. The number of nitrogens with zero attached hydrogens (tertiary/aromatic N) is 10. The lowest BCUT2D eigenvalue weighted by molar-refractivity contribution is -0.138. The number of carbonyl (C=O) groups is 3. The Morgan fingerprint density at radius 1 is 0.884 bits per heavy atom. The van der Waals surface area contributed by atoms with Gasteiger partial charge in [-0.05, 0) is 99.5 Å². The minimum atomic E-state index is -2.86. The summed E-state index contributed by atoms with van der Waals surface area (Å²) in [4.78, 5) is 68.5. The quantitative estimate of drug-likeness (QED) is 0.160. The molecule has 3 N–H and O–H groups in total. The summed E-state index contributed by atoms with van der Waals surface area (Å²) < 4.78 is 36.9. The number of piperidine rings is 3. The maximum atomic E-state index is 16.1. The molecule has 17 nitrogen and oxygen atoms in total. The number of halogens is 2. The number of aryl methyl sites for hydroxylation is 1. The molecule has 2 unspecified atom stereocenters. The van der Waals surface area contributed by atoms with Gasteiger partial charge in [0.05, 0.1) is 41.2 Å². The Kier molecular flexibility index (Phi) is 10.4. The Bertz CT molecular complexity index is 3110. The van der Waals surface area contributed by atoms with E-state index < -0.39 is 23.9 Å². The highest BCUT2D eigenvalue weighted by Crippen LogP contribution is 2.46. The van der Waals surface area contributed by atoms with Crippen LogP contribution in [0.2, 0.25) is 0 Å². The van der Waals surface area contributed by atoms with Crippen LogP contribution in [-0.4, -0.2) is 127 Å². The molecule has 4 aromatic heterocycles. The van der Waals surface area contributed by atoms with Crippen LogP contribution in [0.3, 0.4) is 0 Å². The Morgan fingerprint density at radius 2 is 1.71 bits per heavy atom. The number of rotatable bonds is 10. The summed E-state index contributed by atoms with van der Waals surface area (Å²) in [6.07, 6.45) is 8.70. The molecule has 12 rings (SSSR count). The van der Waals surface area contributed by atoms with Gasteiger partial charge in [-0.25, -0.2) is 23.1 Å². The highest BCUT2D eigenvalue weighted by molar-refractivity contribution is 6.00. The number of imide groups is 1. The van der Waals surface area contributed by atoms with Gasteiger partial charge < -0.3 is 20.4 Å². The Hall–Kier alpha value is -6.73. The van der Waals surface area contributed by atoms with E-state index in [1.807, 2.05) is 65.5 Å². The summed E-state index contributed by atoms with van der Waals surface area (Å²) in [7, 11) is 3.53. The molecule has 2 aromatic carbocycles. The maximum Gasteiger partial charge on any atom is 0.329 e. The van der Waals surface area contributed by atoms with E-state index in [0.717, 1.165) is 90.2 Å². The number of likely N-dealkylation sites (tertiary alicyclic amines) is 2. The second kappa shape index (κ2) is 16.5. The predicted molar refractivity (Wildman–Crippen MR) is 256 cm³/mol. The fourth-order valence-electron chi connectivity index (χ4n) is 11.7. The van der Waals surface area contributed by atoms with Gasteiger partial charge in [-0.15, -0.1) is 5.10 Å². The normalized spacial score (nSPS) is 22.6. The van der Waals surface area contributed by atoms with Crippen LogP contribution in [0.5, 0.6) is 0 Å². The van der Waals surface area contributed by atoms with E-state index in [4.69, 9.17) is 10.1 Å². The number of imidazole rings is 2. The first-order chi connectivity index (χ1) is 33.3. The lowest BCUT2D eigenvalue weighted by Crippen LogP contribution is -2.64. The predicted octanol–water partition coefficient (Wildman–Crippen LogP) is 4.86. The number of alkyl halides is 2. The number of pyridine rings is 1. The highest BCUT2D eigenvalue weighted by atomic mass is 19.3. The van der Waals surface area contributed by atoms with E-state index in [1.54, 1.807) is 22.3 Å². The molecule has 6 aliphatic rings. The van der Waals surface area contributed by atoms with Crippen LogP contribution in [-0.2, 0) is 29.6 Å². The number of fused-ring (bicyclic) bond motifs is 3. The molecular weight excluding hydrogens is 885 g/mol. The van der Waals surface area contributed by atoms with Crippen molar-refractivity contribution in [2.24, 2.45) is 12.5 Å². The molecule has 0 bridgehead atoms. The van der Waals surface area contributed by atoms with E-state index in [9.17, 15) is 19.2 Å². The van der Waals surface area contributed by atoms with E-state index in [2.05, 4.69) is 42.9 Å². The lowest BCUT2D eigenvalue weighted by atomic mass is 9.71. The second-order valence-electron chi connectivity index (χ2n) is 20.1. The van der Waals surface area contributed by atoms with Gasteiger partial charge in [0.1, 0.15) is 6.04 Å². The smallest absolute Gasteiger partial charge is 0.329 e. The van der Waals surface area contributed by atoms with Gasteiger partial charge in [-0.1, -0.05) is 18.2 Å². The largest absolute Gasteiger partial charge is 0.385 e. The molecule has 2 atom stereocenters. The van der Waals surface area contributed by atoms with Crippen molar-refractivity contribution in [2.45, 2.75) is 82.0 Å². The van der Waals surface area contributed by atoms with Crippen molar-refractivity contribution in [2.75, 3.05) is 68.0 Å². The molecule has 6 aromatic rings. The van der Waals surface area contributed by atoms with Crippen molar-refractivity contribution in [1.82, 2.24) is 49.1 Å². The van der Waals surface area contributed by atoms with E-state index in [1.165, 1.54) is 4.57 Å². The monoisotopic (exact) mass is 939 g/mol. The van der Waals surface area contributed by atoms with Gasteiger partial charge in [0, 0.05) is 93.9 Å². The van der Waals surface area contributed by atoms with Crippen LogP contribution in [0.25, 0.3) is 27.9 Å². The zero-order valence-corrected chi connectivity index (χ0v) is 38.8. The van der Waals surface area contributed by atoms with E-state index >= 15 is 8.78 Å². The molecular formula is C50H55F2N13O4. The summed E-state index contributed by atoms with van der Waals surface area (Å²) in [6, 6.07) is 16.6.